The van der Waals surface area contributed by atoms with Crippen LogP contribution in [-0.4, -0.2) is 11.7 Å². The largest absolute Gasteiger partial charge is 0.506 e. The van der Waals surface area contributed by atoms with Crippen LogP contribution in [0.2, 0.25) is 10.0 Å². The molecule has 7 heteroatoms. The maximum absolute atomic E-state index is 12.3. The molecule has 0 heterocycles. The Hall–Kier alpha value is -1.72. The van der Waals surface area contributed by atoms with Crippen molar-refractivity contribution in [1.82, 2.24) is 0 Å². The average molecular weight is 334 g/mol. The molecule has 0 unspecified atom stereocenters. The number of anilines is 1. The number of alkyl halides is 2. The number of hydrogen-bond acceptors (Lipinski definition) is 3. The Kier molecular flexibility index (Phi) is 5.09. The number of halogens is 4. The monoisotopic (exact) mass is 333 g/mol. The molecule has 0 spiro atoms. The number of phenolic OH excluding ortho intramolecular Hbond substituents is 1. The number of rotatable bonds is 5. The van der Waals surface area contributed by atoms with Crippen molar-refractivity contribution in [1.29, 1.82) is 0 Å². The molecule has 0 amide bonds. The molecule has 0 aliphatic heterocycles. The Morgan fingerprint density at radius 3 is 2.57 bits per heavy atom. The first-order valence-electron chi connectivity index (χ1n) is 5.91. The van der Waals surface area contributed by atoms with Crippen LogP contribution in [0.5, 0.6) is 11.5 Å². The molecule has 2 N–H and O–H groups in total. The highest BCUT2D eigenvalue weighted by molar-refractivity contribution is 6.32. The number of phenols is 1. The minimum Gasteiger partial charge on any atom is -0.506 e. The van der Waals surface area contributed by atoms with Crippen LogP contribution in [0.15, 0.2) is 36.4 Å². The van der Waals surface area contributed by atoms with Crippen molar-refractivity contribution in [2.24, 2.45) is 0 Å². The first-order valence-corrected chi connectivity index (χ1v) is 6.67. The minimum atomic E-state index is -2.91. The van der Waals surface area contributed by atoms with E-state index in [1.807, 2.05) is 0 Å². The molecule has 0 saturated carbocycles. The summed E-state index contributed by atoms with van der Waals surface area (Å²) in [7, 11) is 0. The highest BCUT2D eigenvalue weighted by Crippen LogP contribution is 2.28. The second-order valence-electron chi connectivity index (χ2n) is 4.15. The van der Waals surface area contributed by atoms with Crippen molar-refractivity contribution in [3.63, 3.8) is 0 Å². The molecular formula is C14H11Cl2F2NO2. The molecule has 21 heavy (non-hydrogen) atoms. The van der Waals surface area contributed by atoms with Gasteiger partial charge in [-0.05, 0) is 36.4 Å². The van der Waals surface area contributed by atoms with Crippen LogP contribution in [0.4, 0.5) is 14.5 Å². The number of hydrogen-bond donors (Lipinski definition) is 2. The first-order chi connectivity index (χ1) is 9.95. The lowest BCUT2D eigenvalue weighted by Crippen LogP contribution is -2.07. The lowest BCUT2D eigenvalue weighted by molar-refractivity contribution is -0.0504. The Morgan fingerprint density at radius 1 is 1.14 bits per heavy atom. The summed E-state index contributed by atoms with van der Waals surface area (Å²) < 4.78 is 29.1. The topological polar surface area (TPSA) is 41.5 Å². The van der Waals surface area contributed by atoms with Crippen molar-refractivity contribution in [2.45, 2.75) is 13.2 Å². The minimum absolute atomic E-state index is 0.0355. The predicted molar refractivity (Wildman–Crippen MR) is 78.5 cm³/mol. The lowest BCUT2D eigenvalue weighted by Gasteiger charge is -2.13. The standard InChI is InChI=1S/C14H11Cl2F2NO2/c15-9-1-4-13(21-14(17)18)8(5-9)7-19-10-2-3-12(20)11(16)6-10/h1-6,14,19-20H,7H2. The van der Waals surface area contributed by atoms with Crippen LogP contribution in [0.1, 0.15) is 5.56 Å². The van der Waals surface area contributed by atoms with Gasteiger partial charge in [0.05, 0.1) is 5.02 Å². The molecule has 2 rings (SSSR count). The van der Waals surface area contributed by atoms with Gasteiger partial charge in [-0.2, -0.15) is 8.78 Å². The molecule has 0 aliphatic carbocycles. The molecule has 112 valence electrons. The van der Waals surface area contributed by atoms with Gasteiger partial charge in [-0.25, -0.2) is 0 Å². The summed E-state index contributed by atoms with van der Waals surface area (Å²) in [5.41, 5.74) is 1.10. The van der Waals surface area contributed by atoms with E-state index in [9.17, 15) is 13.9 Å². The van der Waals surface area contributed by atoms with E-state index in [1.165, 1.54) is 30.3 Å². The fourth-order valence-corrected chi connectivity index (χ4v) is 2.09. The van der Waals surface area contributed by atoms with Crippen LogP contribution in [0.25, 0.3) is 0 Å². The fraction of sp³-hybridized carbons (Fsp3) is 0.143. The molecule has 0 radical (unpaired) electrons. The number of nitrogens with one attached hydrogen (secondary N) is 1. The molecule has 0 fully saturated rings. The zero-order chi connectivity index (χ0) is 15.4. The maximum Gasteiger partial charge on any atom is 0.387 e. The molecule has 0 bridgehead atoms. The van der Waals surface area contributed by atoms with E-state index in [1.54, 1.807) is 6.07 Å². The van der Waals surface area contributed by atoms with E-state index in [-0.39, 0.29) is 23.1 Å². The number of aromatic hydroxyl groups is 1. The molecule has 2 aromatic rings. The highest BCUT2D eigenvalue weighted by atomic mass is 35.5. The summed E-state index contributed by atoms with van der Waals surface area (Å²) in [5, 5.41) is 12.9. The third kappa shape index (κ3) is 4.37. The van der Waals surface area contributed by atoms with Crippen molar-refractivity contribution >= 4 is 28.9 Å². The van der Waals surface area contributed by atoms with Crippen LogP contribution >= 0.6 is 23.2 Å². The van der Waals surface area contributed by atoms with Gasteiger partial charge in [0.25, 0.3) is 0 Å². The Labute approximate surface area is 130 Å². The van der Waals surface area contributed by atoms with Crippen LogP contribution in [0.3, 0.4) is 0 Å². The van der Waals surface area contributed by atoms with E-state index in [2.05, 4.69) is 10.1 Å². The van der Waals surface area contributed by atoms with Gasteiger partial charge >= 0.3 is 6.61 Å². The molecular weight excluding hydrogens is 323 g/mol. The van der Waals surface area contributed by atoms with E-state index in [0.29, 0.717) is 16.3 Å². The lowest BCUT2D eigenvalue weighted by atomic mass is 10.2. The van der Waals surface area contributed by atoms with Crippen molar-refractivity contribution < 1.29 is 18.6 Å². The second kappa shape index (κ2) is 6.83. The van der Waals surface area contributed by atoms with Gasteiger partial charge in [0, 0.05) is 22.8 Å². The normalized spacial score (nSPS) is 10.7. The zero-order valence-corrected chi connectivity index (χ0v) is 12.1. The van der Waals surface area contributed by atoms with Crippen LogP contribution in [-0.2, 0) is 6.54 Å². The Balaban J connectivity index is 2.14. The molecule has 0 aliphatic rings. The summed E-state index contributed by atoms with van der Waals surface area (Å²) in [6.07, 6.45) is 0. The van der Waals surface area contributed by atoms with Crippen molar-refractivity contribution in [3.8, 4) is 11.5 Å². The third-order valence-electron chi connectivity index (χ3n) is 2.67. The molecule has 0 saturated heterocycles. The van der Waals surface area contributed by atoms with Gasteiger partial charge in [0.2, 0.25) is 0 Å². The SMILES string of the molecule is Oc1ccc(NCc2cc(Cl)ccc2OC(F)F)cc1Cl. The van der Waals surface area contributed by atoms with Crippen molar-refractivity contribution in [2.75, 3.05) is 5.32 Å². The Morgan fingerprint density at radius 2 is 1.90 bits per heavy atom. The van der Waals surface area contributed by atoms with Crippen molar-refractivity contribution in [3.05, 3.63) is 52.0 Å². The van der Waals surface area contributed by atoms with E-state index in [4.69, 9.17) is 23.2 Å². The summed E-state index contributed by atoms with van der Waals surface area (Å²) in [6.45, 7) is -2.70. The predicted octanol–water partition coefficient (Wildman–Crippen LogP) is 4.91. The van der Waals surface area contributed by atoms with E-state index >= 15 is 0 Å². The molecule has 0 atom stereocenters. The fourth-order valence-electron chi connectivity index (χ4n) is 1.71. The van der Waals surface area contributed by atoms with E-state index < -0.39 is 6.61 Å². The van der Waals surface area contributed by atoms with Gasteiger partial charge in [-0.1, -0.05) is 23.2 Å². The highest BCUT2D eigenvalue weighted by Gasteiger charge is 2.10. The summed E-state index contributed by atoms with van der Waals surface area (Å²) in [6, 6.07) is 8.96. The second-order valence-corrected chi connectivity index (χ2v) is 4.99. The summed E-state index contributed by atoms with van der Waals surface area (Å²) >= 11 is 11.6. The van der Waals surface area contributed by atoms with Gasteiger partial charge in [0.1, 0.15) is 11.5 Å². The quantitative estimate of drug-likeness (QED) is 0.763. The Bertz CT molecular complexity index is 638. The van der Waals surface area contributed by atoms with Gasteiger partial charge in [-0.3, -0.25) is 0 Å². The number of ether oxygens (including phenoxy) is 1. The smallest absolute Gasteiger partial charge is 0.387 e. The number of benzene rings is 2. The van der Waals surface area contributed by atoms with Crippen LogP contribution in [0, 0.1) is 0 Å². The summed E-state index contributed by atoms with van der Waals surface area (Å²) in [4.78, 5) is 0. The maximum atomic E-state index is 12.3. The molecule has 3 nitrogen and oxygen atoms in total. The molecule has 2 aromatic carbocycles. The van der Waals surface area contributed by atoms with Gasteiger partial charge in [0.15, 0.2) is 0 Å². The van der Waals surface area contributed by atoms with E-state index in [0.717, 1.165) is 0 Å². The summed E-state index contributed by atoms with van der Waals surface area (Å²) in [5.74, 6) is 0.0125. The third-order valence-corrected chi connectivity index (χ3v) is 3.21. The van der Waals surface area contributed by atoms with Gasteiger partial charge in [-0.15, -0.1) is 0 Å². The molecule has 0 aromatic heterocycles. The van der Waals surface area contributed by atoms with Gasteiger partial charge < -0.3 is 15.2 Å². The first kappa shape index (κ1) is 15.7. The average Bonchev–Trinajstić information content (AvgIpc) is 2.42. The zero-order valence-electron chi connectivity index (χ0n) is 10.6. The van der Waals surface area contributed by atoms with Crippen LogP contribution < -0.4 is 10.1 Å².